The van der Waals surface area contributed by atoms with Crippen LogP contribution in [0, 0.1) is 0 Å². The van der Waals surface area contributed by atoms with Crippen molar-refractivity contribution in [3.8, 4) is 0 Å². The number of H-pyrrole nitrogens is 1. The van der Waals surface area contributed by atoms with E-state index in [0.717, 1.165) is 35.4 Å². The quantitative estimate of drug-likeness (QED) is 0.710. The van der Waals surface area contributed by atoms with E-state index in [4.69, 9.17) is 0 Å². The molecule has 1 spiro atoms. The zero-order valence-corrected chi connectivity index (χ0v) is 13.9. The second-order valence-electron chi connectivity index (χ2n) is 6.67. The summed E-state index contributed by atoms with van der Waals surface area (Å²) in [4.78, 5) is 18.9. The lowest BCUT2D eigenvalue weighted by Crippen LogP contribution is -2.55. The average molecular weight is 329 g/mol. The van der Waals surface area contributed by atoms with Gasteiger partial charge in [-0.1, -0.05) is 42.5 Å². The standard InChI is InChI=1S/C21H19N3O/c1-2-13-24-18-10-6-4-8-16(18)21(20(24)25)19-15(11-12-22-21)14-7-3-5-9-17(14)23-19/h2-10,22-23H,1,11-13H2/t21-/m1/s1. The maximum atomic E-state index is 13.6. The van der Waals surface area contributed by atoms with Crippen molar-refractivity contribution < 1.29 is 4.79 Å². The summed E-state index contributed by atoms with van der Waals surface area (Å²) in [6.45, 7) is 5.11. The molecular weight excluding hydrogens is 310 g/mol. The summed E-state index contributed by atoms with van der Waals surface area (Å²) in [5, 5.41) is 4.76. The van der Waals surface area contributed by atoms with Crippen molar-refractivity contribution >= 4 is 22.5 Å². The Morgan fingerprint density at radius 1 is 1.16 bits per heavy atom. The number of hydrogen-bond donors (Lipinski definition) is 2. The fourth-order valence-electron chi connectivity index (χ4n) is 4.42. The number of nitrogens with one attached hydrogen (secondary N) is 2. The van der Waals surface area contributed by atoms with Gasteiger partial charge in [0.05, 0.1) is 11.4 Å². The first-order chi connectivity index (χ1) is 12.3. The Kier molecular flexibility index (Phi) is 2.94. The van der Waals surface area contributed by atoms with Gasteiger partial charge in [-0.2, -0.15) is 0 Å². The number of fused-ring (bicyclic) bond motifs is 6. The molecule has 3 aromatic rings. The van der Waals surface area contributed by atoms with Crippen molar-refractivity contribution in [3.63, 3.8) is 0 Å². The summed E-state index contributed by atoms with van der Waals surface area (Å²) in [6.07, 6.45) is 2.70. The molecule has 1 amide bonds. The van der Waals surface area contributed by atoms with E-state index in [1.54, 1.807) is 6.08 Å². The molecule has 25 heavy (non-hydrogen) atoms. The lowest BCUT2D eigenvalue weighted by molar-refractivity contribution is -0.123. The second kappa shape index (κ2) is 5.07. The third-order valence-corrected chi connectivity index (χ3v) is 5.43. The zero-order valence-electron chi connectivity index (χ0n) is 13.9. The minimum atomic E-state index is -0.827. The van der Waals surface area contributed by atoms with Gasteiger partial charge in [0.15, 0.2) is 5.54 Å². The van der Waals surface area contributed by atoms with Crippen LogP contribution in [-0.4, -0.2) is 24.0 Å². The predicted octanol–water partition coefficient (Wildman–Crippen LogP) is 3.09. The van der Waals surface area contributed by atoms with Gasteiger partial charge in [-0.3, -0.25) is 10.1 Å². The largest absolute Gasteiger partial charge is 0.356 e. The molecule has 0 bridgehead atoms. The summed E-state index contributed by atoms with van der Waals surface area (Å²) >= 11 is 0. The second-order valence-corrected chi connectivity index (χ2v) is 6.67. The number of aromatic nitrogens is 1. The van der Waals surface area contributed by atoms with Crippen LogP contribution in [0.1, 0.15) is 16.8 Å². The van der Waals surface area contributed by atoms with Crippen molar-refractivity contribution in [2.75, 3.05) is 18.0 Å². The van der Waals surface area contributed by atoms with Crippen molar-refractivity contribution in [2.45, 2.75) is 12.0 Å². The molecular formula is C21H19N3O. The molecule has 3 heterocycles. The number of amides is 1. The topological polar surface area (TPSA) is 48.1 Å². The van der Waals surface area contributed by atoms with Crippen molar-refractivity contribution in [3.05, 3.63) is 78.0 Å². The van der Waals surface area contributed by atoms with Gasteiger partial charge in [0, 0.05) is 29.6 Å². The SMILES string of the molecule is C=CCN1C(=O)[C@@]2(NCCc3c2[nH]c2ccccc32)c2ccccc21. The number of anilines is 1. The molecule has 2 aromatic carbocycles. The highest BCUT2D eigenvalue weighted by molar-refractivity contribution is 6.11. The van der Waals surface area contributed by atoms with Gasteiger partial charge < -0.3 is 9.88 Å². The van der Waals surface area contributed by atoms with Crippen LogP contribution < -0.4 is 10.2 Å². The first kappa shape index (κ1) is 14.5. The molecule has 0 saturated carbocycles. The predicted molar refractivity (Wildman–Crippen MR) is 99.8 cm³/mol. The van der Waals surface area contributed by atoms with Crippen molar-refractivity contribution in [1.82, 2.24) is 10.3 Å². The fraction of sp³-hybridized carbons (Fsp3) is 0.190. The van der Waals surface area contributed by atoms with Crippen LogP contribution in [-0.2, 0) is 16.8 Å². The lowest BCUT2D eigenvalue weighted by atomic mass is 9.82. The van der Waals surface area contributed by atoms with Crippen molar-refractivity contribution in [2.24, 2.45) is 0 Å². The van der Waals surface area contributed by atoms with Gasteiger partial charge in [0.1, 0.15) is 0 Å². The molecule has 2 N–H and O–H groups in total. The minimum Gasteiger partial charge on any atom is -0.356 e. The van der Waals surface area contributed by atoms with Crippen LogP contribution >= 0.6 is 0 Å². The number of rotatable bonds is 2. The zero-order chi connectivity index (χ0) is 17.0. The highest BCUT2D eigenvalue weighted by Crippen LogP contribution is 2.47. The highest BCUT2D eigenvalue weighted by atomic mass is 16.2. The van der Waals surface area contributed by atoms with E-state index in [0.29, 0.717) is 6.54 Å². The summed E-state index contributed by atoms with van der Waals surface area (Å²) in [5.41, 5.74) is 4.48. The molecule has 0 radical (unpaired) electrons. The maximum absolute atomic E-state index is 13.6. The molecule has 0 aliphatic carbocycles. The van der Waals surface area contributed by atoms with E-state index in [2.05, 4.69) is 41.1 Å². The Morgan fingerprint density at radius 2 is 1.96 bits per heavy atom. The molecule has 1 aromatic heterocycles. The highest BCUT2D eigenvalue weighted by Gasteiger charge is 2.54. The van der Waals surface area contributed by atoms with E-state index in [9.17, 15) is 4.79 Å². The molecule has 0 unspecified atom stereocenters. The normalized spacial score (nSPS) is 21.6. The third kappa shape index (κ3) is 1.72. The number of nitrogens with zero attached hydrogens (tertiary/aromatic N) is 1. The Labute approximate surface area is 146 Å². The number of aromatic amines is 1. The number of benzene rings is 2. The smallest absolute Gasteiger partial charge is 0.258 e. The van der Waals surface area contributed by atoms with Gasteiger partial charge in [0.2, 0.25) is 0 Å². The molecule has 0 saturated heterocycles. The lowest BCUT2D eigenvalue weighted by Gasteiger charge is -2.34. The van der Waals surface area contributed by atoms with Crippen LogP contribution in [0.4, 0.5) is 5.69 Å². The Morgan fingerprint density at radius 3 is 2.84 bits per heavy atom. The van der Waals surface area contributed by atoms with Gasteiger partial charge in [-0.15, -0.1) is 6.58 Å². The van der Waals surface area contributed by atoms with Gasteiger partial charge in [0.25, 0.3) is 5.91 Å². The Hall–Kier alpha value is -2.85. The van der Waals surface area contributed by atoms with Gasteiger partial charge >= 0.3 is 0 Å². The van der Waals surface area contributed by atoms with Crippen LogP contribution in [0.25, 0.3) is 10.9 Å². The molecule has 124 valence electrons. The van der Waals surface area contributed by atoms with E-state index in [1.165, 1.54) is 10.9 Å². The van der Waals surface area contributed by atoms with E-state index >= 15 is 0 Å². The molecule has 2 aliphatic rings. The molecule has 0 fully saturated rings. The summed E-state index contributed by atoms with van der Waals surface area (Å²) in [7, 11) is 0. The fourth-order valence-corrected chi connectivity index (χ4v) is 4.42. The number of hydrogen-bond acceptors (Lipinski definition) is 2. The average Bonchev–Trinajstić information content (AvgIpc) is 3.14. The maximum Gasteiger partial charge on any atom is 0.258 e. The molecule has 4 heteroatoms. The summed E-state index contributed by atoms with van der Waals surface area (Å²) in [5.74, 6) is 0.0705. The molecule has 2 aliphatic heterocycles. The van der Waals surface area contributed by atoms with Crippen LogP contribution in [0.2, 0.25) is 0 Å². The monoisotopic (exact) mass is 329 g/mol. The molecule has 1 atom stereocenters. The number of carbonyl (C=O) groups excluding carboxylic acids is 1. The number of carbonyl (C=O) groups is 1. The van der Waals surface area contributed by atoms with Crippen molar-refractivity contribution in [1.29, 1.82) is 0 Å². The molecule has 5 rings (SSSR count). The molecule has 4 nitrogen and oxygen atoms in total. The summed E-state index contributed by atoms with van der Waals surface area (Å²) in [6, 6.07) is 16.4. The number of para-hydroxylation sites is 2. The Bertz CT molecular complexity index is 1020. The van der Waals surface area contributed by atoms with Gasteiger partial charge in [-0.05, 0) is 24.1 Å². The van der Waals surface area contributed by atoms with E-state index in [-0.39, 0.29) is 5.91 Å². The van der Waals surface area contributed by atoms with Gasteiger partial charge in [-0.25, -0.2) is 0 Å². The summed E-state index contributed by atoms with van der Waals surface area (Å²) < 4.78 is 0. The first-order valence-corrected chi connectivity index (χ1v) is 8.65. The van der Waals surface area contributed by atoms with Crippen LogP contribution in [0.5, 0.6) is 0 Å². The van der Waals surface area contributed by atoms with Crippen LogP contribution in [0.15, 0.2) is 61.2 Å². The van der Waals surface area contributed by atoms with E-state index < -0.39 is 5.54 Å². The minimum absolute atomic E-state index is 0.0705. The first-order valence-electron chi connectivity index (χ1n) is 8.65. The third-order valence-electron chi connectivity index (χ3n) is 5.43. The van der Waals surface area contributed by atoms with E-state index in [1.807, 2.05) is 29.2 Å². The Balaban J connectivity index is 1.83. The van der Waals surface area contributed by atoms with Crippen LogP contribution in [0.3, 0.4) is 0 Å².